The summed E-state index contributed by atoms with van der Waals surface area (Å²) in [4.78, 5) is 7.27. The zero-order chi connectivity index (χ0) is 13.8. The lowest BCUT2D eigenvalue weighted by atomic mass is 10.2. The van der Waals surface area contributed by atoms with E-state index in [0.29, 0.717) is 28.0 Å². The fourth-order valence-electron chi connectivity index (χ4n) is 1.50. The minimum absolute atomic E-state index is 0.301. The number of hydrogen-bond acceptors (Lipinski definition) is 5. The van der Waals surface area contributed by atoms with Crippen molar-refractivity contribution in [2.45, 2.75) is 0 Å². The van der Waals surface area contributed by atoms with Crippen molar-refractivity contribution < 1.29 is 13.9 Å². The predicted molar refractivity (Wildman–Crippen MR) is 69.8 cm³/mol. The molecule has 2 aromatic rings. The van der Waals surface area contributed by atoms with Gasteiger partial charge in [-0.15, -0.1) is 0 Å². The van der Waals surface area contributed by atoms with E-state index in [9.17, 15) is 4.39 Å². The predicted octanol–water partition coefficient (Wildman–Crippen LogP) is 3.03. The Bertz CT molecular complexity index is 595. The van der Waals surface area contributed by atoms with Crippen LogP contribution in [-0.4, -0.2) is 24.2 Å². The van der Waals surface area contributed by atoms with Crippen LogP contribution in [0.5, 0.6) is 11.5 Å². The molecule has 0 atom stereocenters. The van der Waals surface area contributed by atoms with E-state index in [1.54, 1.807) is 12.1 Å². The molecule has 5 nitrogen and oxygen atoms in total. The smallest absolute Gasteiger partial charge is 0.218 e. The summed E-state index contributed by atoms with van der Waals surface area (Å²) in [6.07, 6.45) is 1.12. The molecule has 0 bridgehead atoms. The Balaban J connectivity index is 2.38. The Morgan fingerprint density at radius 2 is 1.84 bits per heavy atom. The van der Waals surface area contributed by atoms with Gasteiger partial charge in [0.1, 0.15) is 23.6 Å². The van der Waals surface area contributed by atoms with Gasteiger partial charge in [0.15, 0.2) is 0 Å². The lowest BCUT2D eigenvalue weighted by Gasteiger charge is -2.13. The average Bonchev–Trinajstić information content (AvgIpc) is 2.40. The number of nitrogens with one attached hydrogen (secondary N) is 1. The van der Waals surface area contributed by atoms with Crippen molar-refractivity contribution in [1.29, 1.82) is 0 Å². The van der Waals surface area contributed by atoms with Crippen LogP contribution < -0.4 is 14.8 Å². The highest BCUT2D eigenvalue weighted by Crippen LogP contribution is 2.36. The first kappa shape index (κ1) is 13.4. The van der Waals surface area contributed by atoms with Crippen molar-refractivity contribution in [3.63, 3.8) is 0 Å². The van der Waals surface area contributed by atoms with E-state index < -0.39 is 5.95 Å². The highest BCUT2D eigenvalue weighted by atomic mass is 35.5. The standard InChI is InChI=1S/C12H11ClFN3O2/c1-18-9-4-8(10(19-2)3-7(9)13)17-12-5-11(14)15-6-16-12/h3-6H,1-2H3,(H,15,16,17). The second-order valence-corrected chi connectivity index (χ2v) is 3.95. The summed E-state index contributed by atoms with van der Waals surface area (Å²) in [5.74, 6) is 0.636. The summed E-state index contributed by atoms with van der Waals surface area (Å²) in [6.45, 7) is 0. The maximum absolute atomic E-state index is 13.0. The number of hydrogen-bond donors (Lipinski definition) is 1. The lowest BCUT2D eigenvalue weighted by Crippen LogP contribution is -1.99. The molecular weight excluding hydrogens is 273 g/mol. The number of halogens is 2. The maximum Gasteiger partial charge on any atom is 0.218 e. The summed E-state index contributed by atoms with van der Waals surface area (Å²) in [5.41, 5.74) is 0.557. The fourth-order valence-corrected chi connectivity index (χ4v) is 1.73. The molecule has 0 aliphatic heterocycles. The first-order valence-corrected chi connectivity index (χ1v) is 5.68. The highest BCUT2D eigenvalue weighted by molar-refractivity contribution is 6.32. The Morgan fingerprint density at radius 3 is 2.47 bits per heavy atom. The summed E-state index contributed by atoms with van der Waals surface area (Å²) < 4.78 is 23.3. The summed E-state index contributed by atoms with van der Waals surface area (Å²) in [7, 11) is 3.01. The first-order valence-electron chi connectivity index (χ1n) is 5.30. The van der Waals surface area contributed by atoms with Gasteiger partial charge in [0.05, 0.1) is 24.9 Å². The Labute approximate surface area is 114 Å². The SMILES string of the molecule is COc1cc(Nc2cc(F)ncn2)c(OC)cc1Cl. The van der Waals surface area contributed by atoms with Gasteiger partial charge in [-0.2, -0.15) is 4.39 Å². The topological polar surface area (TPSA) is 56.3 Å². The van der Waals surface area contributed by atoms with Gasteiger partial charge in [0, 0.05) is 18.2 Å². The molecular formula is C12H11ClFN3O2. The molecule has 0 aliphatic carbocycles. The quantitative estimate of drug-likeness (QED) is 0.874. The van der Waals surface area contributed by atoms with Gasteiger partial charge in [-0.3, -0.25) is 0 Å². The zero-order valence-electron chi connectivity index (χ0n) is 10.3. The number of rotatable bonds is 4. The van der Waals surface area contributed by atoms with E-state index in [2.05, 4.69) is 15.3 Å². The molecule has 0 unspecified atom stereocenters. The number of methoxy groups -OCH3 is 2. The van der Waals surface area contributed by atoms with Crippen LogP contribution >= 0.6 is 11.6 Å². The average molecular weight is 284 g/mol. The number of aromatic nitrogens is 2. The molecule has 0 fully saturated rings. The van der Waals surface area contributed by atoms with Crippen molar-refractivity contribution in [2.75, 3.05) is 19.5 Å². The van der Waals surface area contributed by atoms with Crippen LogP contribution in [0.25, 0.3) is 0 Å². The molecule has 1 heterocycles. The van der Waals surface area contributed by atoms with Gasteiger partial charge in [0.2, 0.25) is 5.95 Å². The van der Waals surface area contributed by atoms with Gasteiger partial charge in [-0.1, -0.05) is 11.6 Å². The van der Waals surface area contributed by atoms with Crippen LogP contribution in [0.1, 0.15) is 0 Å². The maximum atomic E-state index is 13.0. The molecule has 1 N–H and O–H groups in total. The van der Waals surface area contributed by atoms with Crippen LogP contribution in [0.4, 0.5) is 15.9 Å². The van der Waals surface area contributed by atoms with E-state index in [4.69, 9.17) is 21.1 Å². The van der Waals surface area contributed by atoms with Crippen molar-refractivity contribution in [3.8, 4) is 11.5 Å². The van der Waals surface area contributed by atoms with E-state index in [1.807, 2.05) is 0 Å². The van der Waals surface area contributed by atoms with Crippen LogP contribution in [0.3, 0.4) is 0 Å². The molecule has 0 saturated carbocycles. The molecule has 2 rings (SSSR count). The van der Waals surface area contributed by atoms with E-state index in [-0.39, 0.29) is 0 Å². The second-order valence-electron chi connectivity index (χ2n) is 3.54. The van der Waals surface area contributed by atoms with Crippen molar-refractivity contribution in [2.24, 2.45) is 0 Å². The molecule has 19 heavy (non-hydrogen) atoms. The summed E-state index contributed by atoms with van der Waals surface area (Å²) in [5, 5.41) is 3.33. The minimum atomic E-state index is -0.627. The van der Waals surface area contributed by atoms with Crippen LogP contribution in [-0.2, 0) is 0 Å². The number of anilines is 2. The molecule has 100 valence electrons. The summed E-state index contributed by atoms with van der Waals surface area (Å²) >= 11 is 5.99. The third kappa shape index (κ3) is 3.03. The first-order chi connectivity index (χ1) is 9.13. The molecule has 1 aromatic heterocycles. The molecule has 7 heteroatoms. The summed E-state index contributed by atoms with van der Waals surface area (Å²) in [6, 6.07) is 4.40. The Morgan fingerprint density at radius 1 is 1.11 bits per heavy atom. The van der Waals surface area contributed by atoms with Crippen molar-refractivity contribution in [1.82, 2.24) is 9.97 Å². The van der Waals surface area contributed by atoms with E-state index in [0.717, 1.165) is 6.33 Å². The normalized spacial score (nSPS) is 10.1. The van der Waals surface area contributed by atoms with Crippen LogP contribution in [0.2, 0.25) is 5.02 Å². The lowest BCUT2D eigenvalue weighted by molar-refractivity contribution is 0.405. The van der Waals surface area contributed by atoms with Gasteiger partial charge in [-0.25, -0.2) is 9.97 Å². The number of nitrogens with zero attached hydrogens (tertiary/aromatic N) is 2. The van der Waals surface area contributed by atoms with Crippen molar-refractivity contribution in [3.05, 3.63) is 35.5 Å². The molecule has 0 spiro atoms. The second kappa shape index (κ2) is 5.71. The van der Waals surface area contributed by atoms with E-state index in [1.165, 1.54) is 20.3 Å². The molecule has 1 aromatic carbocycles. The Hall–Kier alpha value is -2.08. The minimum Gasteiger partial charge on any atom is -0.495 e. The van der Waals surface area contributed by atoms with Gasteiger partial charge in [-0.05, 0) is 0 Å². The monoisotopic (exact) mass is 283 g/mol. The Kier molecular flexibility index (Phi) is 4.01. The third-order valence-corrected chi connectivity index (χ3v) is 2.67. The van der Waals surface area contributed by atoms with Gasteiger partial charge >= 0.3 is 0 Å². The van der Waals surface area contributed by atoms with Gasteiger partial charge in [0.25, 0.3) is 0 Å². The molecule has 0 amide bonds. The van der Waals surface area contributed by atoms with E-state index >= 15 is 0 Å². The zero-order valence-corrected chi connectivity index (χ0v) is 11.0. The molecule has 0 saturated heterocycles. The third-order valence-electron chi connectivity index (χ3n) is 2.37. The van der Waals surface area contributed by atoms with Crippen LogP contribution in [0, 0.1) is 5.95 Å². The van der Waals surface area contributed by atoms with Crippen molar-refractivity contribution >= 4 is 23.1 Å². The van der Waals surface area contributed by atoms with Gasteiger partial charge < -0.3 is 14.8 Å². The molecule has 0 radical (unpaired) electrons. The highest BCUT2D eigenvalue weighted by Gasteiger charge is 2.11. The van der Waals surface area contributed by atoms with Crippen LogP contribution in [0.15, 0.2) is 24.5 Å². The largest absolute Gasteiger partial charge is 0.495 e. The molecule has 0 aliphatic rings. The number of ether oxygens (including phenoxy) is 2. The fraction of sp³-hybridized carbons (Fsp3) is 0.167. The number of benzene rings is 1.